The normalized spacial score (nSPS) is 15.8. The predicted octanol–water partition coefficient (Wildman–Crippen LogP) is 3.65. The topological polar surface area (TPSA) is 81.8 Å². The molecule has 3 rings (SSSR count). The molecule has 0 fully saturated rings. The van der Waals surface area contributed by atoms with Crippen LogP contribution >= 0.6 is 22.9 Å². The van der Waals surface area contributed by atoms with Crippen molar-refractivity contribution in [2.24, 2.45) is 4.99 Å². The molecule has 6 nitrogen and oxygen atoms in total. The van der Waals surface area contributed by atoms with Crippen LogP contribution < -0.4 is 0 Å². The number of cyclic esters (lactones) is 1. The lowest BCUT2D eigenvalue weighted by Crippen LogP contribution is -2.06. The summed E-state index contributed by atoms with van der Waals surface area (Å²) in [4.78, 5) is 26.2. The summed E-state index contributed by atoms with van der Waals surface area (Å²) in [5, 5.41) is 14.6. The first kappa shape index (κ1) is 14.4. The van der Waals surface area contributed by atoms with Crippen LogP contribution in [0.2, 0.25) is 5.02 Å². The van der Waals surface area contributed by atoms with Crippen LogP contribution in [0.25, 0.3) is 6.08 Å². The number of thiophene rings is 1. The summed E-state index contributed by atoms with van der Waals surface area (Å²) in [6.45, 7) is 0. The molecule has 0 aliphatic carbocycles. The SMILES string of the molecule is O=C1OC(c2ccc(Cl)c([N+](=O)[O-])c2)=N/C1=C\c1ccsc1. The summed E-state index contributed by atoms with van der Waals surface area (Å²) in [5.74, 6) is -0.579. The average molecular weight is 335 g/mol. The first-order chi connectivity index (χ1) is 10.5. The van der Waals surface area contributed by atoms with Crippen LogP contribution in [-0.2, 0) is 9.53 Å². The minimum Gasteiger partial charge on any atom is -0.402 e. The maximum atomic E-state index is 11.8. The molecule has 2 aromatic rings. The van der Waals surface area contributed by atoms with E-state index >= 15 is 0 Å². The number of carbonyl (C=O) groups is 1. The summed E-state index contributed by atoms with van der Waals surface area (Å²) in [7, 11) is 0. The van der Waals surface area contributed by atoms with E-state index in [2.05, 4.69) is 4.99 Å². The Bertz CT molecular complexity index is 827. The molecule has 22 heavy (non-hydrogen) atoms. The van der Waals surface area contributed by atoms with E-state index in [0.717, 1.165) is 5.56 Å². The standard InChI is InChI=1S/C14H7ClN2O4S/c15-10-2-1-9(6-12(10)17(19)20)13-16-11(14(18)21-13)5-8-3-4-22-7-8/h1-7H/b11-5-. The van der Waals surface area contributed by atoms with E-state index in [9.17, 15) is 14.9 Å². The monoisotopic (exact) mass is 334 g/mol. The van der Waals surface area contributed by atoms with E-state index in [0.29, 0.717) is 5.56 Å². The number of nitro benzene ring substituents is 1. The van der Waals surface area contributed by atoms with Gasteiger partial charge in [0.1, 0.15) is 5.02 Å². The van der Waals surface area contributed by atoms with Gasteiger partial charge < -0.3 is 4.74 Å². The molecular weight excluding hydrogens is 328 g/mol. The van der Waals surface area contributed by atoms with Crippen molar-refractivity contribution in [3.05, 3.63) is 67.0 Å². The van der Waals surface area contributed by atoms with Gasteiger partial charge in [0, 0.05) is 11.6 Å². The molecule has 0 saturated carbocycles. The zero-order chi connectivity index (χ0) is 15.7. The Hall–Kier alpha value is -2.51. The summed E-state index contributed by atoms with van der Waals surface area (Å²) >= 11 is 7.24. The van der Waals surface area contributed by atoms with Gasteiger partial charge in [-0.05, 0) is 40.6 Å². The Morgan fingerprint density at radius 2 is 2.18 bits per heavy atom. The predicted molar refractivity (Wildman–Crippen MR) is 83.0 cm³/mol. The van der Waals surface area contributed by atoms with Crippen LogP contribution in [0.15, 0.2) is 45.7 Å². The molecule has 1 aromatic heterocycles. The smallest absolute Gasteiger partial charge is 0.363 e. The number of ether oxygens (including phenoxy) is 1. The molecule has 0 atom stereocenters. The van der Waals surface area contributed by atoms with Crippen molar-refractivity contribution in [2.75, 3.05) is 0 Å². The maximum Gasteiger partial charge on any atom is 0.363 e. The minimum atomic E-state index is -0.606. The molecule has 8 heteroatoms. The Balaban J connectivity index is 1.98. The number of hydrogen-bond donors (Lipinski definition) is 0. The lowest BCUT2D eigenvalue weighted by Gasteiger charge is -2.00. The minimum absolute atomic E-state index is 0.00714. The van der Waals surface area contributed by atoms with Crippen molar-refractivity contribution in [1.82, 2.24) is 0 Å². The van der Waals surface area contributed by atoms with Crippen molar-refractivity contribution < 1.29 is 14.5 Å². The molecule has 0 saturated heterocycles. The third-order valence-electron chi connectivity index (χ3n) is 2.86. The summed E-state index contributed by atoms with van der Waals surface area (Å²) < 4.78 is 5.06. The van der Waals surface area contributed by atoms with Crippen LogP contribution in [0.4, 0.5) is 5.69 Å². The molecule has 0 N–H and O–H groups in total. The zero-order valence-corrected chi connectivity index (χ0v) is 12.4. The Labute approximate surface area is 133 Å². The highest BCUT2D eigenvalue weighted by atomic mass is 35.5. The average Bonchev–Trinajstić information content (AvgIpc) is 3.10. The van der Waals surface area contributed by atoms with E-state index < -0.39 is 10.9 Å². The number of carbonyl (C=O) groups excluding carboxylic acids is 1. The van der Waals surface area contributed by atoms with E-state index in [1.807, 2.05) is 16.8 Å². The first-order valence-corrected chi connectivity index (χ1v) is 7.36. The number of nitro groups is 1. The second-order valence-corrected chi connectivity index (χ2v) is 5.50. The summed E-state index contributed by atoms with van der Waals surface area (Å²) in [6.07, 6.45) is 1.59. The quantitative estimate of drug-likeness (QED) is 0.371. The zero-order valence-electron chi connectivity index (χ0n) is 10.9. The van der Waals surface area contributed by atoms with Crippen LogP contribution in [0, 0.1) is 10.1 Å². The third kappa shape index (κ3) is 2.76. The highest BCUT2D eigenvalue weighted by Crippen LogP contribution is 2.27. The van der Waals surface area contributed by atoms with Gasteiger partial charge in [-0.2, -0.15) is 11.3 Å². The molecule has 0 bridgehead atoms. The molecule has 1 aliphatic heterocycles. The second kappa shape index (κ2) is 5.70. The van der Waals surface area contributed by atoms with E-state index in [1.54, 1.807) is 6.08 Å². The largest absolute Gasteiger partial charge is 0.402 e. The molecular formula is C14H7ClN2O4S. The van der Waals surface area contributed by atoms with Gasteiger partial charge in [-0.25, -0.2) is 9.79 Å². The number of benzene rings is 1. The number of hydrogen-bond acceptors (Lipinski definition) is 6. The van der Waals surface area contributed by atoms with Gasteiger partial charge in [-0.15, -0.1) is 0 Å². The molecule has 2 heterocycles. The number of esters is 1. The number of rotatable bonds is 3. The lowest BCUT2D eigenvalue weighted by molar-refractivity contribution is -0.384. The van der Waals surface area contributed by atoms with Gasteiger partial charge >= 0.3 is 5.97 Å². The van der Waals surface area contributed by atoms with E-state index in [1.165, 1.54) is 29.5 Å². The molecule has 1 aliphatic rings. The Morgan fingerprint density at radius 1 is 1.36 bits per heavy atom. The highest BCUT2D eigenvalue weighted by Gasteiger charge is 2.26. The molecule has 0 unspecified atom stereocenters. The fraction of sp³-hybridized carbons (Fsp3) is 0. The molecule has 0 spiro atoms. The van der Waals surface area contributed by atoms with Crippen molar-refractivity contribution in [1.29, 1.82) is 0 Å². The van der Waals surface area contributed by atoms with Gasteiger partial charge in [-0.3, -0.25) is 10.1 Å². The lowest BCUT2D eigenvalue weighted by atomic mass is 10.2. The molecule has 110 valence electrons. The summed E-state index contributed by atoms with van der Waals surface area (Å²) in [5.41, 5.74) is 1.03. The van der Waals surface area contributed by atoms with E-state index in [-0.39, 0.29) is 22.3 Å². The van der Waals surface area contributed by atoms with Crippen LogP contribution in [0.1, 0.15) is 11.1 Å². The maximum absolute atomic E-state index is 11.8. The Kier molecular flexibility index (Phi) is 3.74. The second-order valence-electron chi connectivity index (χ2n) is 4.32. The van der Waals surface area contributed by atoms with Crippen molar-refractivity contribution >= 4 is 46.6 Å². The number of nitrogens with zero attached hydrogens (tertiary/aromatic N) is 2. The molecule has 0 radical (unpaired) electrons. The van der Waals surface area contributed by atoms with Crippen LogP contribution in [0.3, 0.4) is 0 Å². The number of aliphatic imine (C=N–C) groups is 1. The van der Waals surface area contributed by atoms with Gasteiger partial charge in [0.05, 0.1) is 4.92 Å². The van der Waals surface area contributed by atoms with Gasteiger partial charge in [0.25, 0.3) is 5.69 Å². The van der Waals surface area contributed by atoms with Crippen molar-refractivity contribution in [2.45, 2.75) is 0 Å². The van der Waals surface area contributed by atoms with Crippen molar-refractivity contribution in [3.63, 3.8) is 0 Å². The van der Waals surface area contributed by atoms with Crippen molar-refractivity contribution in [3.8, 4) is 0 Å². The molecule has 1 aromatic carbocycles. The highest BCUT2D eigenvalue weighted by molar-refractivity contribution is 7.08. The fourth-order valence-electron chi connectivity index (χ4n) is 1.83. The Morgan fingerprint density at radius 3 is 2.86 bits per heavy atom. The third-order valence-corrected chi connectivity index (χ3v) is 3.88. The van der Waals surface area contributed by atoms with Gasteiger partial charge in [0.15, 0.2) is 5.70 Å². The molecule has 0 amide bonds. The van der Waals surface area contributed by atoms with Crippen LogP contribution in [0.5, 0.6) is 0 Å². The van der Waals surface area contributed by atoms with Crippen LogP contribution in [-0.4, -0.2) is 16.8 Å². The first-order valence-electron chi connectivity index (χ1n) is 6.03. The fourth-order valence-corrected chi connectivity index (χ4v) is 2.64. The summed E-state index contributed by atoms with van der Waals surface area (Å²) in [6, 6.07) is 5.94. The van der Waals surface area contributed by atoms with Gasteiger partial charge in [-0.1, -0.05) is 11.6 Å². The van der Waals surface area contributed by atoms with Gasteiger partial charge in [0.2, 0.25) is 5.90 Å². The number of halogens is 1. The van der Waals surface area contributed by atoms with E-state index in [4.69, 9.17) is 16.3 Å².